The topological polar surface area (TPSA) is 202 Å². The largest absolute Gasteiger partial charge is 0.488 e. The first kappa shape index (κ1) is 52.0. The lowest BCUT2D eigenvalue weighted by Gasteiger charge is -2.20. The molecule has 2 unspecified atom stereocenters. The van der Waals surface area contributed by atoms with Gasteiger partial charge in [-0.15, -0.1) is 22.7 Å². The van der Waals surface area contributed by atoms with E-state index in [0.717, 1.165) is 64.9 Å². The van der Waals surface area contributed by atoms with Crippen LogP contribution in [-0.4, -0.2) is 67.6 Å². The van der Waals surface area contributed by atoms with E-state index < -0.39 is 24.0 Å². The van der Waals surface area contributed by atoms with Crippen LogP contribution in [0.1, 0.15) is 57.3 Å². The molecule has 14 nitrogen and oxygen atoms in total. The molecule has 18 heteroatoms. The molecule has 0 aliphatic heterocycles. The number of aliphatic hydroxyl groups excluding tert-OH is 2. The van der Waals surface area contributed by atoms with Gasteiger partial charge in [0.1, 0.15) is 61.5 Å². The molecule has 0 aliphatic carbocycles. The number of benzene rings is 4. The number of carbonyl (C=O) groups is 2. The first-order valence-electron chi connectivity index (χ1n) is 23.0. The standard InChI is InChI=1S/C54H52Cl2N4O10S2/c1-31-35(29-69-49-21-47(67-27-33-17-51-43(57-23-33)11-15-71-51)37(19-41(49)55)25-59-45(9-13-61)53(63)64)5-3-7-39(31)40-8-4-6-36(32(40)2)30-70-50-22-48(68-28-34-18-52-44(58-24-34)12-16-72-52)38(20-42(50)56)26-60-46(10-14-62)54(65)66/h3-8,11-12,15-24,45-46,59-62H,9-10,13-14,25-30H2,1-2H3,(H,63,64)(H,65,66). The van der Waals surface area contributed by atoms with Crippen molar-refractivity contribution >= 4 is 78.2 Å². The van der Waals surface area contributed by atoms with E-state index in [1.807, 2.05) is 73.1 Å². The second-order valence-corrected chi connectivity index (χ2v) is 19.7. The number of aliphatic carboxylic acids is 2. The highest BCUT2D eigenvalue weighted by Crippen LogP contribution is 2.38. The lowest BCUT2D eigenvalue weighted by molar-refractivity contribution is -0.140. The molecule has 0 aliphatic rings. The van der Waals surface area contributed by atoms with Crippen molar-refractivity contribution in [2.45, 2.75) is 78.3 Å². The number of carboxylic acid groups (broad SMARTS) is 2. The summed E-state index contributed by atoms with van der Waals surface area (Å²) < 4.78 is 27.6. The number of halogens is 2. The summed E-state index contributed by atoms with van der Waals surface area (Å²) in [7, 11) is 0. The maximum absolute atomic E-state index is 11.9. The van der Waals surface area contributed by atoms with Crippen molar-refractivity contribution in [3.8, 4) is 34.1 Å². The van der Waals surface area contributed by atoms with Gasteiger partial charge in [0.05, 0.1) is 30.5 Å². The number of ether oxygens (including phenoxy) is 4. The van der Waals surface area contributed by atoms with Crippen LogP contribution in [0.25, 0.3) is 31.6 Å². The van der Waals surface area contributed by atoms with Gasteiger partial charge in [-0.3, -0.25) is 19.6 Å². The molecule has 0 radical (unpaired) electrons. The molecule has 6 N–H and O–H groups in total. The molecule has 0 fully saturated rings. The quantitative estimate of drug-likeness (QED) is 0.0316. The number of pyridine rings is 2. The van der Waals surface area contributed by atoms with E-state index in [1.165, 1.54) is 0 Å². The van der Waals surface area contributed by atoms with Crippen molar-refractivity contribution in [3.63, 3.8) is 0 Å². The van der Waals surface area contributed by atoms with E-state index in [9.17, 15) is 30.0 Å². The van der Waals surface area contributed by atoms with Gasteiger partial charge in [-0.25, -0.2) is 0 Å². The van der Waals surface area contributed by atoms with E-state index in [2.05, 4.69) is 32.7 Å². The van der Waals surface area contributed by atoms with Crippen molar-refractivity contribution < 1.29 is 49.0 Å². The first-order chi connectivity index (χ1) is 34.9. The van der Waals surface area contributed by atoms with Gasteiger partial charge in [0.2, 0.25) is 0 Å². The smallest absolute Gasteiger partial charge is 0.320 e. The van der Waals surface area contributed by atoms with E-state index >= 15 is 0 Å². The number of hydrogen-bond acceptors (Lipinski definition) is 14. The Bertz CT molecular complexity index is 2990. The Hall–Kier alpha value is -6.34. The third-order valence-electron chi connectivity index (χ3n) is 12.2. The summed E-state index contributed by atoms with van der Waals surface area (Å²) in [4.78, 5) is 32.8. The third-order valence-corrected chi connectivity index (χ3v) is 14.5. The van der Waals surface area contributed by atoms with Crippen LogP contribution in [0.15, 0.2) is 108 Å². The number of nitrogens with zero attached hydrogens (tertiary/aromatic N) is 2. The van der Waals surface area contributed by atoms with Crippen molar-refractivity contribution in [2.24, 2.45) is 0 Å². The Morgan fingerprint density at radius 1 is 0.569 bits per heavy atom. The van der Waals surface area contributed by atoms with Gasteiger partial charge in [-0.2, -0.15) is 0 Å². The zero-order valence-corrected chi connectivity index (χ0v) is 42.5. The number of nitrogens with one attached hydrogen (secondary N) is 2. The minimum absolute atomic E-state index is 0.0309. The molecule has 4 aromatic carbocycles. The monoisotopic (exact) mass is 1050 g/mol. The van der Waals surface area contributed by atoms with E-state index in [0.29, 0.717) is 44.2 Å². The summed E-state index contributed by atoms with van der Waals surface area (Å²) >= 11 is 16.9. The summed E-state index contributed by atoms with van der Waals surface area (Å²) in [6.07, 6.45) is 3.59. The van der Waals surface area contributed by atoms with E-state index in [-0.39, 0.29) is 65.6 Å². The molecule has 72 heavy (non-hydrogen) atoms. The van der Waals surface area contributed by atoms with Gasteiger partial charge in [0, 0.05) is 73.1 Å². The fourth-order valence-corrected chi connectivity index (χ4v) is 10.2. The van der Waals surface area contributed by atoms with Crippen LogP contribution >= 0.6 is 45.9 Å². The molecular formula is C54H52Cl2N4O10S2. The zero-order valence-electron chi connectivity index (χ0n) is 39.3. The van der Waals surface area contributed by atoms with Crippen LogP contribution in [0.5, 0.6) is 23.0 Å². The second-order valence-electron chi connectivity index (χ2n) is 17.0. The third kappa shape index (κ3) is 12.8. The fourth-order valence-electron chi connectivity index (χ4n) is 8.10. The Labute approximate surface area is 433 Å². The maximum Gasteiger partial charge on any atom is 0.320 e. The Morgan fingerprint density at radius 2 is 0.986 bits per heavy atom. The highest BCUT2D eigenvalue weighted by atomic mass is 35.5. The minimum atomic E-state index is -1.08. The van der Waals surface area contributed by atoms with Crippen LogP contribution in [0.4, 0.5) is 0 Å². The Balaban J connectivity index is 0.990. The van der Waals surface area contributed by atoms with Crippen molar-refractivity contribution in [1.29, 1.82) is 0 Å². The number of thiophene rings is 2. The lowest BCUT2D eigenvalue weighted by atomic mass is 9.92. The molecule has 4 aromatic heterocycles. The summed E-state index contributed by atoms with van der Waals surface area (Å²) in [5, 5.41) is 48.9. The Kier molecular flexibility index (Phi) is 17.6. The van der Waals surface area contributed by atoms with E-state index in [4.69, 9.17) is 42.1 Å². The predicted molar refractivity (Wildman–Crippen MR) is 281 cm³/mol. The molecule has 8 rings (SSSR count). The van der Waals surface area contributed by atoms with Crippen LogP contribution in [0.3, 0.4) is 0 Å². The molecular weight excluding hydrogens is 1000 g/mol. The highest BCUT2D eigenvalue weighted by molar-refractivity contribution is 7.17. The molecule has 0 amide bonds. The molecule has 0 bridgehead atoms. The van der Waals surface area contributed by atoms with Gasteiger partial charge in [-0.05, 0) is 107 Å². The molecule has 8 aromatic rings. The number of aromatic nitrogens is 2. The minimum Gasteiger partial charge on any atom is -0.488 e. The fraction of sp³-hybridized carbons (Fsp3) is 0.259. The van der Waals surface area contributed by atoms with Crippen molar-refractivity contribution in [1.82, 2.24) is 20.6 Å². The normalized spacial score (nSPS) is 12.2. The number of aliphatic hydroxyl groups is 2. The van der Waals surface area contributed by atoms with Crippen LogP contribution < -0.4 is 29.6 Å². The number of hydrogen-bond donors (Lipinski definition) is 6. The lowest BCUT2D eigenvalue weighted by Crippen LogP contribution is -2.37. The number of rotatable bonds is 25. The molecule has 2 atom stereocenters. The van der Waals surface area contributed by atoms with Crippen LogP contribution in [-0.2, 0) is 49.1 Å². The second kappa shape index (κ2) is 24.4. The average Bonchev–Trinajstić information content (AvgIpc) is 4.05. The average molecular weight is 1050 g/mol. The predicted octanol–water partition coefficient (Wildman–Crippen LogP) is 10.7. The van der Waals surface area contributed by atoms with Crippen molar-refractivity contribution in [2.75, 3.05) is 13.2 Å². The summed E-state index contributed by atoms with van der Waals surface area (Å²) in [5.41, 5.74) is 10.6. The zero-order chi connectivity index (χ0) is 50.7. The van der Waals surface area contributed by atoms with Crippen LogP contribution in [0.2, 0.25) is 10.0 Å². The summed E-state index contributed by atoms with van der Waals surface area (Å²) in [5.74, 6) is -0.491. The maximum atomic E-state index is 11.9. The van der Waals surface area contributed by atoms with Crippen molar-refractivity contribution in [3.05, 3.63) is 163 Å². The van der Waals surface area contributed by atoms with Gasteiger partial charge in [-0.1, -0.05) is 59.6 Å². The molecule has 0 spiro atoms. The van der Waals surface area contributed by atoms with Gasteiger partial charge >= 0.3 is 11.9 Å². The summed E-state index contributed by atoms with van der Waals surface area (Å²) in [6.45, 7) is 4.48. The SMILES string of the molecule is Cc1c(COc2cc(OCc3cnc4ccsc4c3)c(CNC(CCO)C(=O)O)cc2Cl)cccc1-c1cccc(COc2cc(OCc3cnc4ccsc4c3)c(CNC(CCO)C(=O)O)cc2Cl)c1C. The molecule has 0 saturated carbocycles. The van der Waals surface area contributed by atoms with Gasteiger partial charge in [0.15, 0.2) is 0 Å². The highest BCUT2D eigenvalue weighted by Gasteiger charge is 2.21. The van der Waals surface area contributed by atoms with Crippen LogP contribution in [0, 0.1) is 13.8 Å². The first-order valence-corrected chi connectivity index (χ1v) is 25.5. The Morgan fingerprint density at radius 3 is 1.39 bits per heavy atom. The van der Waals surface area contributed by atoms with Gasteiger partial charge in [0.25, 0.3) is 0 Å². The molecule has 374 valence electrons. The number of carboxylic acids is 2. The molecule has 4 heterocycles. The summed E-state index contributed by atoms with van der Waals surface area (Å²) in [6, 6.07) is 24.9. The van der Waals surface area contributed by atoms with Gasteiger partial charge < -0.3 is 50.0 Å². The number of fused-ring (bicyclic) bond motifs is 2. The van der Waals surface area contributed by atoms with E-state index in [1.54, 1.807) is 59.3 Å². The molecule has 0 saturated heterocycles.